The number of aromatic amines is 1. The Labute approximate surface area is 208 Å². The van der Waals surface area contributed by atoms with Crippen LogP contribution in [0.15, 0.2) is 54.9 Å². The summed E-state index contributed by atoms with van der Waals surface area (Å²) in [5.74, 6) is -0.807. The van der Waals surface area contributed by atoms with E-state index in [0.717, 1.165) is 40.5 Å². The molecule has 4 aromatic rings. The number of β-amino-alcohol motifs (C(OH)–C–C–N with tert-alkyl or cyclic N) is 1. The Morgan fingerprint density at radius 2 is 1.72 bits per heavy atom. The number of aliphatic hydroxyl groups excluding tert-OH is 1. The van der Waals surface area contributed by atoms with Crippen LogP contribution in [-0.2, 0) is 20.9 Å². The molecule has 1 fully saturated rings. The summed E-state index contributed by atoms with van der Waals surface area (Å²) in [7, 11) is 0. The van der Waals surface area contributed by atoms with E-state index in [1.54, 1.807) is 6.20 Å². The molecule has 4 heterocycles. The van der Waals surface area contributed by atoms with Crippen molar-refractivity contribution in [2.24, 2.45) is 0 Å². The minimum atomic E-state index is -0.590. The molecule has 6 rings (SSSR count). The minimum Gasteiger partial charge on any atom is -0.390 e. The number of hydrogen-bond acceptors (Lipinski definition) is 5. The van der Waals surface area contributed by atoms with Crippen molar-refractivity contribution >= 4 is 44.8 Å². The van der Waals surface area contributed by atoms with Gasteiger partial charge < -0.3 is 19.4 Å². The van der Waals surface area contributed by atoms with Crippen LogP contribution in [0.4, 0.5) is 0 Å². The fourth-order valence-corrected chi connectivity index (χ4v) is 5.49. The maximum Gasteiger partial charge on any atom is 0.259 e. The summed E-state index contributed by atoms with van der Waals surface area (Å²) >= 11 is 0. The second-order valence-electron chi connectivity index (χ2n) is 9.51. The van der Waals surface area contributed by atoms with E-state index < -0.39 is 17.9 Å². The Bertz CT molecular complexity index is 1520. The molecule has 8 nitrogen and oxygen atoms in total. The number of amides is 2. The summed E-state index contributed by atoms with van der Waals surface area (Å²) in [5, 5.41) is 15.2. The highest BCUT2D eigenvalue weighted by atomic mass is 16.5. The Morgan fingerprint density at radius 1 is 0.972 bits per heavy atom. The Hall–Kier alpha value is -3.72. The number of carbonyl (C=O) groups is 2. The number of aromatic nitrogens is 2. The number of hydrogen-bond donors (Lipinski definition) is 3. The quantitative estimate of drug-likeness (QED) is 0.366. The second kappa shape index (κ2) is 9.05. The van der Waals surface area contributed by atoms with Crippen LogP contribution < -0.4 is 5.32 Å². The number of nitrogens with zero attached hydrogens (tertiary/aromatic N) is 2. The van der Waals surface area contributed by atoms with E-state index >= 15 is 0 Å². The molecule has 36 heavy (non-hydrogen) atoms. The molecule has 1 saturated heterocycles. The molecule has 1 atom stereocenters. The first-order valence-electron chi connectivity index (χ1n) is 12.2. The molecule has 2 aromatic heterocycles. The number of nitrogens with one attached hydrogen (secondary N) is 2. The Balaban J connectivity index is 1.47. The van der Waals surface area contributed by atoms with E-state index in [1.165, 1.54) is 0 Å². The van der Waals surface area contributed by atoms with Crippen LogP contribution in [0.2, 0.25) is 0 Å². The number of benzene rings is 2. The van der Waals surface area contributed by atoms with Crippen molar-refractivity contribution in [1.82, 2.24) is 19.8 Å². The molecule has 0 spiro atoms. The van der Waals surface area contributed by atoms with Crippen LogP contribution in [0.1, 0.15) is 16.7 Å². The highest BCUT2D eigenvalue weighted by molar-refractivity contribution is 6.50. The van der Waals surface area contributed by atoms with Crippen molar-refractivity contribution in [3.63, 3.8) is 0 Å². The number of rotatable bonds is 6. The fraction of sp³-hybridized carbons (Fsp3) is 0.286. The molecule has 0 radical (unpaired) electrons. The number of fused-ring (bicyclic) bond motifs is 2. The number of aliphatic hydroxyl groups is 1. The summed E-state index contributed by atoms with van der Waals surface area (Å²) in [5.41, 5.74) is 4.96. The van der Waals surface area contributed by atoms with Gasteiger partial charge in [-0.3, -0.25) is 19.8 Å². The lowest BCUT2D eigenvalue weighted by atomic mass is 9.94. The zero-order valence-corrected chi connectivity index (χ0v) is 20.1. The standard InChI is InChI=1S/C28H28N4O4/c1-17-5-4-8-23-24(17)21(16-32(23)15-18(33)14-31-9-11-36-12-10-31)26-25(27(34)30-28(26)35)20-13-29-22-7-3-2-6-19(20)22/h2-8,13,16,18,29,33H,9-12,14-15H2,1H3,(H,30,34,35). The lowest BCUT2D eigenvalue weighted by molar-refractivity contribution is -0.122. The highest BCUT2D eigenvalue weighted by Crippen LogP contribution is 2.39. The molecule has 2 amide bonds. The fourth-order valence-electron chi connectivity index (χ4n) is 5.49. The highest BCUT2D eigenvalue weighted by Gasteiger charge is 2.35. The van der Waals surface area contributed by atoms with E-state index in [-0.39, 0.29) is 0 Å². The molecular weight excluding hydrogens is 456 g/mol. The maximum atomic E-state index is 13.2. The van der Waals surface area contributed by atoms with Crippen molar-refractivity contribution in [1.29, 1.82) is 0 Å². The van der Waals surface area contributed by atoms with Crippen LogP contribution >= 0.6 is 0 Å². The van der Waals surface area contributed by atoms with Gasteiger partial charge in [0.25, 0.3) is 11.8 Å². The lowest BCUT2D eigenvalue weighted by Gasteiger charge is -2.28. The number of ether oxygens (including phenoxy) is 1. The van der Waals surface area contributed by atoms with Gasteiger partial charge in [-0.05, 0) is 24.6 Å². The van der Waals surface area contributed by atoms with E-state index in [1.807, 2.05) is 60.2 Å². The number of aryl methyl sites for hydroxylation is 1. The number of imide groups is 1. The van der Waals surface area contributed by atoms with Gasteiger partial charge in [-0.2, -0.15) is 0 Å². The molecule has 2 aliphatic rings. The summed E-state index contributed by atoms with van der Waals surface area (Å²) in [6, 6.07) is 13.7. The van der Waals surface area contributed by atoms with Gasteiger partial charge in [-0.25, -0.2) is 0 Å². The Morgan fingerprint density at radius 3 is 2.53 bits per heavy atom. The zero-order valence-electron chi connectivity index (χ0n) is 20.1. The molecule has 8 heteroatoms. The number of para-hydroxylation sites is 1. The normalized spacial score (nSPS) is 17.9. The van der Waals surface area contributed by atoms with Crippen molar-refractivity contribution in [3.05, 3.63) is 71.5 Å². The van der Waals surface area contributed by atoms with Crippen LogP contribution in [0.5, 0.6) is 0 Å². The van der Waals surface area contributed by atoms with Gasteiger partial charge in [0.05, 0.1) is 30.5 Å². The SMILES string of the molecule is Cc1cccc2c1c(C1=C(c3c[nH]c4ccccc34)C(=O)NC1=O)cn2CC(O)CN1CCOCC1. The number of morpholine rings is 1. The monoisotopic (exact) mass is 484 g/mol. The third-order valence-electron chi connectivity index (χ3n) is 7.15. The first-order valence-corrected chi connectivity index (χ1v) is 12.2. The van der Waals surface area contributed by atoms with Gasteiger partial charge in [0.15, 0.2) is 0 Å². The number of H-pyrrole nitrogens is 1. The molecular formula is C28H28N4O4. The van der Waals surface area contributed by atoms with E-state index in [4.69, 9.17) is 4.74 Å². The average molecular weight is 485 g/mol. The first-order chi connectivity index (χ1) is 17.5. The van der Waals surface area contributed by atoms with Crippen molar-refractivity contribution in [2.45, 2.75) is 19.6 Å². The predicted molar refractivity (Wildman–Crippen MR) is 138 cm³/mol. The van der Waals surface area contributed by atoms with Crippen LogP contribution in [0.3, 0.4) is 0 Å². The minimum absolute atomic E-state index is 0.366. The molecule has 3 N–H and O–H groups in total. The summed E-state index contributed by atoms with van der Waals surface area (Å²) in [4.78, 5) is 31.7. The summed E-state index contributed by atoms with van der Waals surface area (Å²) in [6.07, 6.45) is 3.10. The van der Waals surface area contributed by atoms with E-state index in [9.17, 15) is 14.7 Å². The van der Waals surface area contributed by atoms with E-state index in [0.29, 0.717) is 48.6 Å². The van der Waals surface area contributed by atoms with Crippen molar-refractivity contribution < 1.29 is 19.4 Å². The maximum absolute atomic E-state index is 13.2. The lowest BCUT2D eigenvalue weighted by Crippen LogP contribution is -2.41. The molecule has 0 bridgehead atoms. The first kappa shape index (κ1) is 22.7. The predicted octanol–water partition coefficient (Wildman–Crippen LogP) is 2.69. The van der Waals surface area contributed by atoms with Gasteiger partial charge in [0.1, 0.15) is 0 Å². The van der Waals surface area contributed by atoms with Crippen LogP contribution in [-0.4, -0.2) is 70.3 Å². The molecule has 2 aromatic carbocycles. The second-order valence-corrected chi connectivity index (χ2v) is 9.51. The van der Waals surface area contributed by atoms with Gasteiger partial charge in [-0.15, -0.1) is 0 Å². The molecule has 1 unspecified atom stereocenters. The third-order valence-corrected chi connectivity index (χ3v) is 7.15. The summed E-state index contributed by atoms with van der Waals surface area (Å²) < 4.78 is 7.41. The molecule has 184 valence electrons. The van der Waals surface area contributed by atoms with Crippen molar-refractivity contribution in [3.8, 4) is 0 Å². The van der Waals surface area contributed by atoms with Gasteiger partial charge in [-0.1, -0.05) is 30.3 Å². The third kappa shape index (κ3) is 3.83. The summed E-state index contributed by atoms with van der Waals surface area (Å²) in [6.45, 7) is 5.89. The molecule has 0 aliphatic carbocycles. The topological polar surface area (TPSA) is 99.6 Å². The molecule has 0 saturated carbocycles. The van der Waals surface area contributed by atoms with Crippen LogP contribution in [0.25, 0.3) is 33.0 Å². The number of carbonyl (C=O) groups excluding carboxylic acids is 2. The molecule has 2 aliphatic heterocycles. The van der Waals surface area contributed by atoms with E-state index in [2.05, 4.69) is 15.2 Å². The average Bonchev–Trinajstić information content (AvgIpc) is 3.53. The van der Waals surface area contributed by atoms with Gasteiger partial charge in [0.2, 0.25) is 0 Å². The zero-order chi connectivity index (χ0) is 24.8. The largest absolute Gasteiger partial charge is 0.390 e. The van der Waals surface area contributed by atoms with Gasteiger partial charge >= 0.3 is 0 Å². The van der Waals surface area contributed by atoms with Gasteiger partial charge in [0, 0.05) is 71.5 Å². The van der Waals surface area contributed by atoms with Crippen LogP contribution in [0, 0.1) is 6.92 Å². The Kier molecular flexibility index (Phi) is 5.72. The smallest absolute Gasteiger partial charge is 0.259 e. The van der Waals surface area contributed by atoms with Crippen molar-refractivity contribution in [2.75, 3.05) is 32.8 Å².